The van der Waals surface area contributed by atoms with Crippen molar-refractivity contribution in [1.82, 2.24) is 5.32 Å². The number of nitrogens with one attached hydrogen (secondary N) is 1. The lowest BCUT2D eigenvalue weighted by Crippen LogP contribution is -2.15. The average molecular weight is 234 g/mol. The Morgan fingerprint density at radius 3 is 2.41 bits per heavy atom. The van der Waals surface area contributed by atoms with Crippen molar-refractivity contribution in [3.8, 4) is 0 Å². The predicted octanol–water partition coefficient (Wildman–Crippen LogP) is 2.29. The Bertz CT molecular complexity index is 436. The van der Waals surface area contributed by atoms with E-state index in [-0.39, 0.29) is 17.5 Å². The quantitative estimate of drug-likeness (QED) is 0.367. The summed E-state index contributed by atoms with van der Waals surface area (Å²) in [7, 11) is 0. The minimum atomic E-state index is -0.496. The van der Waals surface area contributed by atoms with Crippen molar-refractivity contribution in [3.05, 3.63) is 52.2 Å². The predicted molar refractivity (Wildman–Crippen MR) is 64.8 cm³/mol. The van der Waals surface area contributed by atoms with Crippen LogP contribution in [0.1, 0.15) is 24.2 Å². The van der Waals surface area contributed by atoms with Gasteiger partial charge in [0, 0.05) is 36.0 Å². The fourth-order valence-corrected chi connectivity index (χ4v) is 1.16. The molecule has 0 heterocycles. The van der Waals surface area contributed by atoms with E-state index < -0.39 is 4.92 Å². The molecule has 0 aliphatic rings. The van der Waals surface area contributed by atoms with Crippen molar-refractivity contribution in [2.24, 2.45) is 0 Å². The molecule has 0 atom stereocenters. The van der Waals surface area contributed by atoms with Gasteiger partial charge in [-0.15, -0.1) is 0 Å². The van der Waals surface area contributed by atoms with E-state index in [1.807, 2.05) is 13.8 Å². The van der Waals surface area contributed by atoms with Gasteiger partial charge >= 0.3 is 0 Å². The van der Waals surface area contributed by atoms with E-state index in [1.54, 1.807) is 6.20 Å². The second-order valence-corrected chi connectivity index (χ2v) is 3.82. The summed E-state index contributed by atoms with van der Waals surface area (Å²) >= 11 is 0. The summed E-state index contributed by atoms with van der Waals surface area (Å²) in [6.07, 6.45) is 2.98. The van der Waals surface area contributed by atoms with Gasteiger partial charge in [-0.1, -0.05) is 0 Å². The Kier molecular flexibility index (Phi) is 4.39. The minimum absolute atomic E-state index is 0.0224. The molecular formula is C12H14N2O3. The van der Waals surface area contributed by atoms with E-state index in [9.17, 15) is 14.9 Å². The number of carbonyl (C=O) groups excluding carboxylic acids is 1. The highest BCUT2D eigenvalue weighted by Gasteiger charge is 2.06. The summed E-state index contributed by atoms with van der Waals surface area (Å²) in [4.78, 5) is 21.5. The molecule has 0 bridgehead atoms. The average Bonchev–Trinajstić information content (AvgIpc) is 2.28. The first-order chi connectivity index (χ1) is 8.00. The zero-order valence-corrected chi connectivity index (χ0v) is 9.71. The van der Waals surface area contributed by atoms with Gasteiger partial charge in [0.1, 0.15) is 0 Å². The van der Waals surface area contributed by atoms with Crippen molar-refractivity contribution in [1.29, 1.82) is 0 Å². The zero-order chi connectivity index (χ0) is 12.8. The molecule has 90 valence electrons. The maximum absolute atomic E-state index is 11.6. The Hall–Kier alpha value is -2.17. The van der Waals surface area contributed by atoms with Crippen molar-refractivity contribution in [2.75, 3.05) is 0 Å². The maximum Gasteiger partial charge on any atom is 0.269 e. The summed E-state index contributed by atoms with van der Waals surface area (Å²) in [5, 5.41) is 13.4. The molecule has 0 amide bonds. The number of allylic oxidation sites excluding steroid dienone is 1. The van der Waals surface area contributed by atoms with E-state index >= 15 is 0 Å². The first-order valence-corrected chi connectivity index (χ1v) is 5.22. The number of nitro groups is 1. The maximum atomic E-state index is 11.6. The Morgan fingerprint density at radius 1 is 1.35 bits per heavy atom. The summed E-state index contributed by atoms with van der Waals surface area (Å²) in [6, 6.07) is 5.78. The third-order valence-corrected chi connectivity index (χ3v) is 2.03. The molecule has 5 nitrogen and oxygen atoms in total. The van der Waals surface area contributed by atoms with Crippen LogP contribution < -0.4 is 5.32 Å². The van der Waals surface area contributed by atoms with Gasteiger partial charge in [-0.2, -0.15) is 0 Å². The molecule has 0 saturated heterocycles. The SMILES string of the molecule is CC(C)N/C=C\C(=O)c1ccc([N+](=O)[O-])cc1. The normalized spacial score (nSPS) is 10.8. The standard InChI is InChI=1S/C12H14N2O3/c1-9(2)13-8-7-12(15)10-3-5-11(6-4-10)14(16)17/h3-9,13H,1-2H3/b8-7-. The van der Waals surface area contributed by atoms with Crippen LogP contribution in [0.4, 0.5) is 5.69 Å². The van der Waals surface area contributed by atoms with E-state index in [1.165, 1.54) is 30.3 Å². The first-order valence-electron chi connectivity index (χ1n) is 5.22. The largest absolute Gasteiger partial charge is 0.389 e. The van der Waals surface area contributed by atoms with E-state index in [0.29, 0.717) is 5.56 Å². The number of carbonyl (C=O) groups is 1. The highest BCUT2D eigenvalue weighted by Crippen LogP contribution is 2.12. The van der Waals surface area contributed by atoms with Crippen molar-refractivity contribution in [2.45, 2.75) is 19.9 Å². The number of benzene rings is 1. The summed E-state index contributed by atoms with van der Waals surface area (Å²) in [6.45, 7) is 3.92. The summed E-state index contributed by atoms with van der Waals surface area (Å²) in [5.41, 5.74) is 0.406. The molecular weight excluding hydrogens is 220 g/mol. The van der Waals surface area contributed by atoms with Crippen LogP contribution in [-0.4, -0.2) is 16.7 Å². The molecule has 1 N–H and O–H groups in total. The lowest BCUT2D eigenvalue weighted by atomic mass is 10.1. The number of rotatable bonds is 5. The van der Waals surface area contributed by atoms with Gasteiger partial charge in [0.25, 0.3) is 5.69 Å². The summed E-state index contributed by atoms with van der Waals surface area (Å²) < 4.78 is 0. The smallest absolute Gasteiger partial charge is 0.269 e. The van der Waals surface area contributed by atoms with Crippen LogP contribution in [-0.2, 0) is 0 Å². The number of hydrogen-bond acceptors (Lipinski definition) is 4. The Morgan fingerprint density at radius 2 is 1.94 bits per heavy atom. The number of non-ortho nitro benzene ring substituents is 1. The number of ketones is 1. The lowest BCUT2D eigenvalue weighted by Gasteiger charge is -2.02. The lowest BCUT2D eigenvalue weighted by molar-refractivity contribution is -0.384. The first kappa shape index (κ1) is 12.9. The molecule has 0 aliphatic carbocycles. The third-order valence-electron chi connectivity index (χ3n) is 2.03. The van der Waals surface area contributed by atoms with Crippen LogP contribution in [0.5, 0.6) is 0 Å². The molecule has 0 radical (unpaired) electrons. The monoisotopic (exact) mass is 234 g/mol. The number of hydrogen-bond donors (Lipinski definition) is 1. The topological polar surface area (TPSA) is 72.2 Å². The van der Waals surface area contributed by atoms with Gasteiger partial charge in [0.05, 0.1) is 4.92 Å². The fourth-order valence-electron chi connectivity index (χ4n) is 1.16. The van der Waals surface area contributed by atoms with Crippen LogP contribution in [0, 0.1) is 10.1 Å². The van der Waals surface area contributed by atoms with Gasteiger partial charge in [-0.3, -0.25) is 14.9 Å². The van der Waals surface area contributed by atoms with Crippen LogP contribution in [0.3, 0.4) is 0 Å². The molecule has 1 aromatic carbocycles. The molecule has 5 heteroatoms. The highest BCUT2D eigenvalue weighted by atomic mass is 16.6. The Balaban J connectivity index is 2.70. The number of nitrogens with zero attached hydrogens (tertiary/aromatic N) is 1. The fraction of sp³-hybridized carbons (Fsp3) is 0.250. The summed E-state index contributed by atoms with van der Waals surface area (Å²) in [5.74, 6) is -0.187. The van der Waals surface area contributed by atoms with Crippen LogP contribution in [0.2, 0.25) is 0 Å². The molecule has 0 spiro atoms. The molecule has 1 rings (SSSR count). The van der Waals surface area contributed by atoms with E-state index in [4.69, 9.17) is 0 Å². The van der Waals surface area contributed by atoms with Gasteiger partial charge in [0.2, 0.25) is 0 Å². The second kappa shape index (κ2) is 5.79. The van der Waals surface area contributed by atoms with Gasteiger partial charge in [-0.25, -0.2) is 0 Å². The van der Waals surface area contributed by atoms with Crippen LogP contribution >= 0.6 is 0 Å². The van der Waals surface area contributed by atoms with Crippen molar-refractivity contribution < 1.29 is 9.72 Å². The molecule has 0 fully saturated rings. The van der Waals surface area contributed by atoms with E-state index in [0.717, 1.165) is 0 Å². The minimum Gasteiger partial charge on any atom is -0.389 e. The van der Waals surface area contributed by atoms with Gasteiger partial charge in [0.15, 0.2) is 5.78 Å². The molecule has 0 saturated carbocycles. The molecule has 17 heavy (non-hydrogen) atoms. The molecule has 1 aromatic rings. The third kappa shape index (κ3) is 4.06. The second-order valence-electron chi connectivity index (χ2n) is 3.82. The molecule has 0 aliphatic heterocycles. The van der Waals surface area contributed by atoms with Crippen LogP contribution in [0.25, 0.3) is 0 Å². The zero-order valence-electron chi connectivity index (χ0n) is 9.71. The number of nitro benzene ring substituents is 1. The van der Waals surface area contributed by atoms with Crippen molar-refractivity contribution >= 4 is 11.5 Å². The Labute approximate surface area is 99.3 Å². The van der Waals surface area contributed by atoms with Gasteiger partial charge < -0.3 is 5.32 Å². The van der Waals surface area contributed by atoms with Crippen LogP contribution in [0.15, 0.2) is 36.5 Å². The highest BCUT2D eigenvalue weighted by molar-refractivity contribution is 6.04. The molecule has 0 aromatic heterocycles. The van der Waals surface area contributed by atoms with E-state index in [2.05, 4.69) is 5.32 Å². The molecule has 0 unspecified atom stereocenters. The van der Waals surface area contributed by atoms with Gasteiger partial charge in [-0.05, 0) is 26.0 Å². The van der Waals surface area contributed by atoms with Crippen molar-refractivity contribution in [3.63, 3.8) is 0 Å².